The molecular weight excluding hydrogens is 272 g/mol. The minimum Gasteiger partial charge on any atom is -0.375 e. The molecule has 20 heavy (non-hydrogen) atoms. The van der Waals surface area contributed by atoms with Crippen LogP contribution in [0.4, 0.5) is 5.69 Å². The molecule has 1 aliphatic heterocycles. The maximum Gasteiger partial charge on any atom is 0.0723 e. The molecule has 2 rings (SSSR count). The molecule has 0 amide bonds. The van der Waals surface area contributed by atoms with Gasteiger partial charge in [0.05, 0.1) is 18.8 Å². The van der Waals surface area contributed by atoms with Crippen LogP contribution in [0.1, 0.15) is 32.8 Å². The summed E-state index contributed by atoms with van der Waals surface area (Å²) in [5.41, 5.74) is 2.36. The first kappa shape index (κ1) is 15.6. The van der Waals surface area contributed by atoms with Gasteiger partial charge in [-0.2, -0.15) is 0 Å². The van der Waals surface area contributed by atoms with Gasteiger partial charge in [-0.3, -0.25) is 0 Å². The largest absolute Gasteiger partial charge is 0.375 e. The lowest BCUT2D eigenvalue weighted by molar-refractivity contribution is 0.0299. The van der Waals surface area contributed by atoms with Gasteiger partial charge in [-0.15, -0.1) is 0 Å². The molecule has 1 heterocycles. The first-order chi connectivity index (χ1) is 9.65. The van der Waals surface area contributed by atoms with E-state index < -0.39 is 0 Å². The third kappa shape index (κ3) is 3.66. The molecule has 1 aromatic carbocycles. The molecule has 4 heteroatoms. The molecule has 1 fully saturated rings. The van der Waals surface area contributed by atoms with Gasteiger partial charge in [-0.25, -0.2) is 0 Å². The Hall–Kier alpha value is -0.770. The fourth-order valence-electron chi connectivity index (χ4n) is 2.62. The molecule has 0 radical (unpaired) electrons. The predicted molar refractivity (Wildman–Crippen MR) is 85.7 cm³/mol. The summed E-state index contributed by atoms with van der Waals surface area (Å²) in [4.78, 5) is 2.43. The number of benzene rings is 1. The van der Waals surface area contributed by atoms with Gasteiger partial charge in [-0.1, -0.05) is 31.5 Å². The third-order valence-electron chi connectivity index (χ3n) is 3.87. The molecule has 1 N–H and O–H groups in total. The van der Waals surface area contributed by atoms with Crippen LogP contribution in [0.5, 0.6) is 0 Å². The lowest BCUT2D eigenvalue weighted by Gasteiger charge is -2.40. The van der Waals surface area contributed by atoms with Crippen molar-refractivity contribution in [3.63, 3.8) is 0 Å². The highest BCUT2D eigenvalue weighted by Gasteiger charge is 2.25. The highest BCUT2D eigenvalue weighted by atomic mass is 35.5. The van der Waals surface area contributed by atoms with E-state index >= 15 is 0 Å². The lowest BCUT2D eigenvalue weighted by Crippen LogP contribution is -2.48. The predicted octanol–water partition coefficient (Wildman–Crippen LogP) is 3.45. The summed E-state index contributed by atoms with van der Waals surface area (Å²) in [5.74, 6) is 0. The number of hydrogen-bond acceptors (Lipinski definition) is 3. The monoisotopic (exact) mass is 296 g/mol. The van der Waals surface area contributed by atoms with Crippen LogP contribution in [0.3, 0.4) is 0 Å². The molecule has 0 bridgehead atoms. The van der Waals surface area contributed by atoms with Crippen LogP contribution >= 0.6 is 11.6 Å². The summed E-state index contributed by atoms with van der Waals surface area (Å²) in [6, 6.07) is 6.85. The third-order valence-corrected chi connectivity index (χ3v) is 4.22. The van der Waals surface area contributed by atoms with Crippen molar-refractivity contribution in [2.75, 3.05) is 24.6 Å². The molecule has 2 unspecified atom stereocenters. The molecule has 1 aliphatic rings. The standard InChI is InChI=1S/C16H25ClN2O/c1-4-14-11-20-12(3)10-19(14)15-7-6-13(9-18-5-2)16(17)8-15/h6-8,12,14,18H,4-5,9-11H2,1-3H3. The number of morpholine rings is 1. The molecule has 0 aliphatic carbocycles. The Morgan fingerprint density at radius 2 is 2.20 bits per heavy atom. The molecule has 2 atom stereocenters. The van der Waals surface area contributed by atoms with E-state index in [2.05, 4.69) is 49.2 Å². The lowest BCUT2D eigenvalue weighted by atomic mass is 10.1. The van der Waals surface area contributed by atoms with E-state index in [4.69, 9.17) is 16.3 Å². The van der Waals surface area contributed by atoms with Crippen LogP contribution < -0.4 is 10.2 Å². The zero-order chi connectivity index (χ0) is 14.5. The summed E-state index contributed by atoms with van der Waals surface area (Å²) in [5, 5.41) is 4.16. The molecule has 0 spiro atoms. The summed E-state index contributed by atoms with van der Waals surface area (Å²) in [6.07, 6.45) is 1.36. The topological polar surface area (TPSA) is 24.5 Å². The van der Waals surface area contributed by atoms with Crippen molar-refractivity contribution >= 4 is 17.3 Å². The first-order valence-electron chi connectivity index (χ1n) is 7.53. The highest BCUT2D eigenvalue weighted by Crippen LogP contribution is 2.28. The number of hydrogen-bond donors (Lipinski definition) is 1. The minimum atomic E-state index is 0.276. The number of anilines is 1. The van der Waals surface area contributed by atoms with Crippen molar-refractivity contribution in [2.24, 2.45) is 0 Å². The Balaban J connectivity index is 2.16. The van der Waals surface area contributed by atoms with Crippen LogP contribution in [-0.2, 0) is 11.3 Å². The fourth-order valence-corrected chi connectivity index (χ4v) is 2.86. The van der Waals surface area contributed by atoms with Gasteiger partial charge < -0.3 is 15.0 Å². The SMILES string of the molecule is CCNCc1ccc(N2CC(C)OCC2CC)cc1Cl. The second-order valence-electron chi connectivity index (χ2n) is 5.41. The van der Waals surface area contributed by atoms with Crippen molar-refractivity contribution in [3.8, 4) is 0 Å². The Morgan fingerprint density at radius 1 is 1.40 bits per heavy atom. The van der Waals surface area contributed by atoms with Crippen LogP contribution in [0.2, 0.25) is 5.02 Å². The van der Waals surface area contributed by atoms with E-state index in [-0.39, 0.29) is 6.10 Å². The van der Waals surface area contributed by atoms with Gasteiger partial charge in [0.15, 0.2) is 0 Å². The van der Waals surface area contributed by atoms with E-state index in [1.54, 1.807) is 0 Å². The summed E-state index contributed by atoms with van der Waals surface area (Å²) >= 11 is 6.41. The van der Waals surface area contributed by atoms with Gasteiger partial charge in [0.1, 0.15) is 0 Å². The maximum absolute atomic E-state index is 6.41. The van der Waals surface area contributed by atoms with E-state index in [1.807, 2.05) is 0 Å². The zero-order valence-corrected chi connectivity index (χ0v) is 13.4. The van der Waals surface area contributed by atoms with Crippen molar-refractivity contribution in [3.05, 3.63) is 28.8 Å². The second kappa shape index (κ2) is 7.30. The van der Waals surface area contributed by atoms with Crippen LogP contribution in [0.25, 0.3) is 0 Å². The van der Waals surface area contributed by atoms with E-state index in [0.29, 0.717) is 6.04 Å². The summed E-state index contributed by atoms with van der Waals surface area (Å²) in [6.45, 7) is 9.94. The molecule has 112 valence electrons. The summed E-state index contributed by atoms with van der Waals surface area (Å²) < 4.78 is 5.76. The van der Waals surface area contributed by atoms with Gasteiger partial charge in [-0.05, 0) is 37.6 Å². The van der Waals surface area contributed by atoms with Gasteiger partial charge in [0, 0.05) is 23.8 Å². The van der Waals surface area contributed by atoms with Crippen LogP contribution in [-0.4, -0.2) is 31.8 Å². The highest BCUT2D eigenvalue weighted by molar-refractivity contribution is 6.31. The first-order valence-corrected chi connectivity index (χ1v) is 7.90. The Labute approximate surface area is 127 Å². The number of ether oxygens (including phenoxy) is 1. The maximum atomic E-state index is 6.41. The van der Waals surface area contributed by atoms with Crippen LogP contribution in [0, 0.1) is 0 Å². The Kier molecular flexibility index (Phi) is 5.70. The molecular formula is C16H25ClN2O. The average Bonchev–Trinajstić information content (AvgIpc) is 2.46. The van der Waals surface area contributed by atoms with Crippen LogP contribution in [0.15, 0.2) is 18.2 Å². The van der Waals surface area contributed by atoms with E-state index in [0.717, 1.165) is 43.2 Å². The van der Waals surface area contributed by atoms with Gasteiger partial charge >= 0.3 is 0 Å². The van der Waals surface area contributed by atoms with Gasteiger partial charge in [0.2, 0.25) is 0 Å². The molecule has 1 aromatic rings. The zero-order valence-electron chi connectivity index (χ0n) is 12.7. The Bertz CT molecular complexity index is 438. The quantitative estimate of drug-likeness (QED) is 0.901. The normalized spacial score (nSPS) is 23.1. The summed E-state index contributed by atoms with van der Waals surface area (Å²) in [7, 11) is 0. The van der Waals surface area contributed by atoms with E-state index in [1.165, 1.54) is 5.69 Å². The molecule has 3 nitrogen and oxygen atoms in total. The smallest absolute Gasteiger partial charge is 0.0723 e. The Morgan fingerprint density at radius 3 is 2.85 bits per heavy atom. The van der Waals surface area contributed by atoms with Gasteiger partial charge in [0.25, 0.3) is 0 Å². The average molecular weight is 297 g/mol. The van der Waals surface area contributed by atoms with Crippen molar-refractivity contribution in [2.45, 2.75) is 45.9 Å². The van der Waals surface area contributed by atoms with Crippen molar-refractivity contribution in [1.29, 1.82) is 0 Å². The number of rotatable bonds is 5. The number of nitrogens with zero attached hydrogens (tertiary/aromatic N) is 1. The van der Waals surface area contributed by atoms with Crippen molar-refractivity contribution in [1.82, 2.24) is 5.32 Å². The molecule has 1 saturated heterocycles. The fraction of sp³-hybridized carbons (Fsp3) is 0.625. The second-order valence-corrected chi connectivity index (χ2v) is 5.82. The minimum absolute atomic E-state index is 0.276. The number of halogens is 1. The molecule has 0 saturated carbocycles. The van der Waals surface area contributed by atoms with E-state index in [9.17, 15) is 0 Å². The van der Waals surface area contributed by atoms with Crippen molar-refractivity contribution < 1.29 is 4.74 Å². The molecule has 0 aromatic heterocycles. The number of nitrogens with one attached hydrogen (secondary N) is 1.